The number of benzene rings is 1. The molecule has 22 heavy (non-hydrogen) atoms. The first-order chi connectivity index (χ1) is 10.4. The Morgan fingerprint density at radius 1 is 1.36 bits per heavy atom. The molecule has 0 unspecified atom stereocenters. The lowest BCUT2D eigenvalue weighted by Crippen LogP contribution is -2.32. The van der Waals surface area contributed by atoms with Crippen LogP contribution in [-0.4, -0.2) is 31.1 Å². The maximum absolute atomic E-state index is 11.4. The van der Waals surface area contributed by atoms with Gasteiger partial charge in [-0.3, -0.25) is 4.79 Å². The highest BCUT2D eigenvalue weighted by Gasteiger charge is 2.14. The summed E-state index contributed by atoms with van der Waals surface area (Å²) in [5.41, 5.74) is 0.594. The second-order valence-electron chi connectivity index (χ2n) is 5.46. The molecule has 5 nitrogen and oxygen atoms in total. The third-order valence-electron chi connectivity index (χ3n) is 2.39. The Labute approximate surface area is 131 Å². The zero-order chi connectivity index (χ0) is 16.6. The van der Waals surface area contributed by atoms with Gasteiger partial charge in [0.2, 0.25) is 0 Å². The number of alkyl carbamates (subject to hydrolysis) is 1. The lowest BCUT2D eigenvalue weighted by Gasteiger charge is -2.19. The van der Waals surface area contributed by atoms with Gasteiger partial charge in [-0.05, 0) is 45.9 Å². The minimum absolute atomic E-state index is 0.165. The van der Waals surface area contributed by atoms with E-state index < -0.39 is 11.7 Å². The molecule has 0 saturated carbocycles. The first-order valence-corrected chi connectivity index (χ1v) is 7.03. The molecule has 0 fully saturated rings. The van der Waals surface area contributed by atoms with Crippen molar-refractivity contribution in [3.8, 4) is 17.6 Å². The van der Waals surface area contributed by atoms with Crippen LogP contribution in [0.5, 0.6) is 5.75 Å². The van der Waals surface area contributed by atoms with Crippen LogP contribution in [-0.2, 0) is 4.74 Å². The number of hydrogen-bond acceptors (Lipinski definition) is 4. The lowest BCUT2D eigenvalue weighted by molar-refractivity contribution is 0.0535. The zero-order valence-corrected chi connectivity index (χ0v) is 13.4. The number of nitrogens with one attached hydrogen (secondary N) is 1. The van der Waals surface area contributed by atoms with Crippen LogP contribution in [0.4, 0.5) is 4.79 Å². The summed E-state index contributed by atoms with van der Waals surface area (Å²) in [4.78, 5) is 22.4. The van der Waals surface area contributed by atoms with Gasteiger partial charge in [0.1, 0.15) is 11.4 Å². The molecule has 0 aliphatic rings. The number of carbonyl (C=O) groups excluding carboxylic acids is 2. The molecule has 1 aromatic carbocycles. The molecule has 0 spiro atoms. The van der Waals surface area contributed by atoms with Gasteiger partial charge in [-0.2, -0.15) is 0 Å². The second-order valence-corrected chi connectivity index (χ2v) is 5.46. The van der Waals surface area contributed by atoms with Crippen LogP contribution >= 0.6 is 0 Å². The van der Waals surface area contributed by atoms with E-state index in [4.69, 9.17) is 9.47 Å². The molecule has 0 bridgehead atoms. The Morgan fingerprint density at radius 3 is 2.68 bits per heavy atom. The summed E-state index contributed by atoms with van der Waals surface area (Å²) in [5.74, 6) is 6.21. The zero-order valence-electron chi connectivity index (χ0n) is 13.4. The van der Waals surface area contributed by atoms with Crippen molar-refractivity contribution in [1.29, 1.82) is 0 Å². The van der Waals surface area contributed by atoms with E-state index in [-0.39, 0.29) is 6.54 Å². The molecule has 1 N–H and O–H groups in total. The summed E-state index contributed by atoms with van der Waals surface area (Å²) in [6.45, 7) is 7.88. The van der Waals surface area contributed by atoms with Gasteiger partial charge < -0.3 is 14.8 Å². The van der Waals surface area contributed by atoms with Crippen molar-refractivity contribution in [1.82, 2.24) is 5.32 Å². The first-order valence-electron chi connectivity index (χ1n) is 7.03. The largest absolute Gasteiger partial charge is 0.493 e. The SMILES string of the molecule is CCOc1ccc(C#CCNC(=O)OC(C)(C)C)cc1C=O. The number of carbonyl (C=O) groups is 2. The van der Waals surface area contributed by atoms with Crippen LogP contribution in [0, 0.1) is 11.8 Å². The topological polar surface area (TPSA) is 64.6 Å². The third kappa shape index (κ3) is 6.31. The van der Waals surface area contributed by atoms with Gasteiger partial charge in [0.05, 0.1) is 18.7 Å². The van der Waals surface area contributed by atoms with Crippen molar-refractivity contribution in [2.75, 3.05) is 13.2 Å². The van der Waals surface area contributed by atoms with Gasteiger partial charge in [-0.1, -0.05) is 11.8 Å². The molecule has 1 amide bonds. The molecule has 1 rings (SSSR count). The van der Waals surface area contributed by atoms with Crippen LogP contribution in [0.3, 0.4) is 0 Å². The molecule has 5 heteroatoms. The van der Waals surface area contributed by atoms with E-state index in [0.29, 0.717) is 23.5 Å². The smallest absolute Gasteiger partial charge is 0.408 e. The molecule has 0 atom stereocenters. The van der Waals surface area contributed by atoms with E-state index in [9.17, 15) is 9.59 Å². The van der Waals surface area contributed by atoms with Gasteiger partial charge in [-0.25, -0.2) is 4.79 Å². The highest BCUT2D eigenvalue weighted by Crippen LogP contribution is 2.17. The number of amides is 1. The van der Waals surface area contributed by atoms with Gasteiger partial charge in [-0.15, -0.1) is 0 Å². The summed E-state index contributed by atoms with van der Waals surface area (Å²) >= 11 is 0. The van der Waals surface area contributed by atoms with Gasteiger partial charge in [0.25, 0.3) is 0 Å². The Bertz CT molecular complexity index is 591. The standard InChI is InChI=1S/C17H21NO4/c1-5-21-15-9-8-13(11-14(15)12-19)7-6-10-18-16(20)22-17(2,3)4/h8-9,11-12H,5,10H2,1-4H3,(H,18,20). The fraction of sp³-hybridized carbons (Fsp3) is 0.412. The molecule has 0 heterocycles. The fourth-order valence-electron chi connectivity index (χ4n) is 1.58. The highest BCUT2D eigenvalue weighted by atomic mass is 16.6. The van der Waals surface area contributed by atoms with Crippen molar-refractivity contribution in [3.05, 3.63) is 29.3 Å². The van der Waals surface area contributed by atoms with Crippen molar-refractivity contribution in [2.24, 2.45) is 0 Å². The Kier molecular flexibility index (Phi) is 6.46. The van der Waals surface area contributed by atoms with Crippen LogP contribution < -0.4 is 10.1 Å². The van der Waals surface area contributed by atoms with Crippen LogP contribution in [0.25, 0.3) is 0 Å². The summed E-state index contributed by atoms with van der Waals surface area (Å²) in [6, 6.07) is 5.12. The van der Waals surface area contributed by atoms with E-state index in [1.54, 1.807) is 39.0 Å². The second kappa shape index (κ2) is 8.08. The van der Waals surface area contributed by atoms with Crippen molar-refractivity contribution < 1.29 is 19.1 Å². The third-order valence-corrected chi connectivity index (χ3v) is 2.39. The van der Waals surface area contributed by atoms with Crippen LogP contribution in [0.2, 0.25) is 0 Å². The molecule has 0 aliphatic carbocycles. The molecule has 0 aliphatic heterocycles. The van der Waals surface area contributed by atoms with E-state index >= 15 is 0 Å². The molecular weight excluding hydrogens is 282 g/mol. The predicted octanol–water partition coefficient (Wildman–Crippen LogP) is 2.77. The average molecular weight is 303 g/mol. The number of rotatable bonds is 4. The Balaban J connectivity index is 2.61. The Hall–Kier alpha value is -2.48. The maximum Gasteiger partial charge on any atom is 0.408 e. The van der Waals surface area contributed by atoms with Crippen LogP contribution in [0.15, 0.2) is 18.2 Å². The summed E-state index contributed by atoms with van der Waals surface area (Å²) < 4.78 is 10.4. The summed E-state index contributed by atoms with van der Waals surface area (Å²) in [6.07, 6.45) is 0.219. The maximum atomic E-state index is 11.4. The molecule has 0 saturated heterocycles. The molecule has 118 valence electrons. The average Bonchev–Trinajstić information content (AvgIpc) is 2.43. The minimum atomic E-state index is -0.536. The molecule has 0 aromatic heterocycles. The van der Waals surface area contributed by atoms with Gasteiger partial charge in [0, 0.05) is 5.56 Å². The van der Waals surface area contributed by atoms with Gasteiger partial charge in [0.15, 0.2) is 6.29 Å². The molecular formula is C17H21NO4. The van der Waals surface area contributed by atoms with Crippen LogP contribution in [0.1, 0.15) is 43.6 Å². The number of aldehydes is 1. The molecule has 1 aromatic rings. The summed E-state index contributed by atoms with van der Waals surface area (Å²) in [5, 5.41) is 2.54. The minimum Gasteiger partial charge on any atom is -0.493 e. The van der Waals surface area contributed by atoms with E-state index in [2.05, 4.69) is 17.2 Å². The monoisotopic (exact) mass is 303 g/mol. The van der Waals surface area contributed by atoms with E-state index in [0.717, 1.165) is 6.29 Å². The lowest BCUT2D eigenvalue weighted by atomic mass is 10.1. The fourth-order valence-corrected chi connectivity index (χ4v) is 1.58. The molecule has 0 radical (unpaired) electrons. The number of hydrogen-bond donors (Lipinski definition) is 1. The predicted molar refractivity (Wildman–Crippen MR) is 84.1 cm³/mol. The normalized spacial score (nSPS) is 10.2. The highest BCUT2D eigenvalue weighted by molar-refractivity contribution is 5.80. The van der Waals surface area contributed by atoms with E-state index in [1.165, 1.54) is 0 Å². The number of ether oxygens (including phenoxy) is 2. The van der Waals surface area contributed by atoms with E-state index in [1.807, 2.05) is 6.92 Å². The van der Waals surface area contributed by atoms with Crippen molar-refractivity contribution in [2.45, 2.75) is 33.3 Å². The summed E-state index contributed by atoms with van der Waals surface area (Å²) in [7, 11) is 0. The first kappa shape index (κ1) is 17.6. The van der Waals surface area contributed by atoms with Gasteiger partial charge >= 0.3 is 6.09 Å². The Morgan fingerprint density at radius 2 is 2.09 bits per heavy atom. The van der Waals surface area contributed by atoms with Crippen molar-refractivity contribution in [3.63, 3.8) is 0 Å². The quantitative estimate of drug-likeness (QED) is 0.686. The van der Waals surface area contributed by atoms with Crippen molar-refractivity contribution >= 4 is 12.4 Å².